The molecular formula is C9H15N3O. The van der Waals surface area contributed by atoms with Crippen LogP contribution in [0.1, 0.15) is 42.4 Å². The summed E-state index contributed by atoms with van der Waals surface area (Å²) in [7, 11) is 0. The first kappa shape index (κ1) is 9.89. The van der Waals surface area contributed by atoms with Crippen molar-refractivity contribution in [1.82, 2.24) is 15.0 Å². The molecule has 0 N–H and O–H groups in total. The normalized spacial score (nSPS) is 10.3. The second-order valence-electron chi connectivity index (χ2n) is 3.11. The Morgan fingerprint density at radius 2 is 2.23 bits per heavy atom. The number of carbonyl (C=O) groups excluding carboxylic acids is 1. The first-order chi connectivity index (χ1) is 6.29. The van der Waals surface area contributed by atoms with E-state index in [9.17, 15) is 4.79 Å². The zero-order chi connectivity index (χ0) is 9.68. The molecule has 1 aromatic heterocycles. The Morgan fingerprint density at radius 3 is 2.77 bits per heavy atom. The minimum atomic E-state index is 0.455. The zero-order valence-corrected chi connectivity index (χ0v) is 8.16. The Morgan fingerprint density at radius 1 is 1.46 bits per heavy atom. The molecule has 0 amide bonds. The van der Waals surface area contributed by atoms with Gasteiger partial charge in [-0.2, -0.15) is 0 Å². The lowest BCUT2D eigenvalue weighted by Gasteiger charge is -2.00. The summed E-state index contributed by atoms with van der Waals surface area (Å²) in [6.45, 7) is 4.89. The van der Waals surface area contributed by atoms with Crippen LogP contribution in [0.2, 0.25) is 0 Å². The van der Waals surface area contributed by atoms with Gasteiger partial charge in [0.2, 0.25) is 0 Å². The number of aryl methyl sites for hydroxylation is 1. The van der Waals surface area contributed by atoms with Crippen LogP contribution in [0.25, 0.3) is 0 Å². The van der Waals surface area contributed by atoms with Crippen LogP contribution < -0.4 is 0 Å². The van der Waals surface area contributed by atoms with E-state index in [-0.39, 0.29) is 0 Å². The lowest BCUT2D eigenvalue weighted by molar-refractivity contribution is 0.111. The van der Waals surface area contributed by atoms with E-state index in [4.69, 9.17) is 0 Å². The predicted molar refractivity (Wildman–Crippen MR) is 49.7 cm³/mol. The summed E-state index contributed by atoms with van der Waals surface area (Å²) in [4.78, 5) is 10.5. The fraction of sp³-hybridized carbons (Fsp3) is 0.667. The van der Waals surface area contributed by atoms with Gasteiger partial charge >= 0.3 is 0 Å². The fourth-order valence-electron chi connectivity index (χ4n) is 1.21. The Kier molecular flexibility index (Phi) is 3.61. The van der Waals surface area contributed by atoms with Crippen LogP contribution in [0.5, 0.6) is 0 Å². The average molecular weight is 181 g/mol. The van der Waals surface area contributed by atoms with E-state index in [0.717, 1.165) is 24.9 Å². The van der Waals surface area contributed by atoms with Gasteiger partial charge in [0.1, 0.15) is 5.69 Å². The largest absolute Gasteiger partial charge is 0.296 e. The van der Waals surface area contributed by atoms with E-state index in [0.29, 0.717) is 5.69 Å². The maximum absolute atomic E-state index is 10.5. The van der Waals surface area contributed by atoms with Gasteiger partial charge in [-0.25, -0.2) is 4.68 Å². The Bertz CT molecular complexity index is 280. The molecule has 0 saturated carbocycles. The average Bonchev–Trinajstić information content (AvgIpc) is 2.48. The van der Waals surface area contributed by atoms with E-state index in [1.54, 1.807) is 4.68 Å². The molecule has 1 heterocycles. The molecule has 0 unspecified atom stereocenters. The van der Waals surface area contributed by atoms with Crippen LogP contribution in [0.15, 0.2) is 0 Å². The lowest BCUT2D eigenvalue weighted by Crippen LogP contribution is -2.02. The van der Waals surface area contributed by atoms with Crippen molar-refractivity contribution in [2.45, 2.75) is 39.7 Å². The van der Waals surface area contributed by atoms with E-state index in [1.807, 2.05) is 6.92 Å². The third kappa shape index (κ3) is 2.37. The molecule has 1 rings (SSSR count). The third-order valence-corrected chi connectivity index (χ3v) is 2.10. The topological polar surface area (TPSA) is 47.8 Å². The number of carbonyl (C=O) groups is 1. The predicted octanol–water partition coefficient (Wildman–Crippen LogP) is 1.59. The molecule has 4 nitrogen and oxygen atoms in total. The van der Waals surface area contributed by atoms with Crippen LogP contribution >= 0.6 is 0 Å². The van der Waals surface area contributed by atoms with Gasteiger partial charge in [0.05, 0.1) is 5.69 Å². The molecule has 1 aromatic rings. The van der Waals surface area contributed by atoms with E-state index < -0.39 is 0 Å². The number of nitrogens with zero attached hydrogens (tertiary/aromatic N) is 3. The van der Waals surface area contributed by atoms with E-state index >= 15 is 0 Å². The number of rotatable bonds is 5. The summed E-state index contributed by atoms with van der Waals surface area (Å²) in [5.74, 6) is 0. The van der Waals surface area contributed by atoms with Crippen LogP contribution in [0, 0.1) is 6.92 Å². The van der Waals surface area contributed by atoms with Gasteiger partial charge in [-0.05, 0) is 13.3 Å². The number of unbranched alkanes of at least 4 members (excludes halogenated alkanes) is 2. The number of hydrogen-bond donors (Lipinski definition) is 0. The molecule has 0 aromatic carbocycles. The minimum Gasteiger partial charge on any atom is -0.296 e. The molecule has 0 bridgehead atoms. The highest BCUT2D eigenvalue weighted by Crippen LogP contribution is 2.03. The third-order valence-electron chi connectivity index (χ3n) is 2.10. The fourth-order valence-corrected chi connectivity index (χ4v) is 1.21. The van der Waals surface area contributed by atoms with Crippen molar-refractivity contribution in [2.75, 3.05) is 0 Å². The molecule has 0 spiro atoms. The van der Waals surface area contributed by atoms with E-state index in [2.05, 4.69) is 17.2 Å². The van der Waals surface area contributed by atoms with Gasteiger partial charge in [-0.1, -0.05) is 25.0 Å². The number of aldehydes is 1. The molecule has 13 heavy (non-hydrogen) atoms. The SMILES string of the molecule is CCCCCn1nnc(C=O)c1C. The van der Waals surface area contributed by atoms with Crippen molar-refractivity contribution >= 4 is 6.29 Å². The molecule has 0 aliphatic rings. The van der Waals surface area contributed by atoms with Crippen molar-refractivity contribution in [3.8, 4) is 0 Å². The smallest absolute Gasteiger partial charge is 0.172 e. The standard InChI is InChI=1S/C9H15N3O/c1-3-4-5-6-12-8(2)9(7-13)10-11-12/h7H,3-6H2,1-2H3. The number of hydrogen-bond acceptors (Lipinski definition) is 3. The molecule has 0 aliphatic carbocycles. The highest BCUT2D eigenvalue weighted by Gasteiger charge is 2.05. The highest BCUT2D eigenvalue weighted by atomic mass is 16.1. The van der Waals surface area contributed by atoms with Gasteiger partial charge < -0.3 is 0 Å². The molecule has 72 valence electrons. The second-order valence-corrected chi connectivity index (χ2v) is 3.11. The van der Waals surface area contributed by atoms with Crippen molar-refractivity contribution in [2.24, 2.45) is 0 Å². The monoisotopic (exact) mass is 181 g/mol. The van der Waals surface area contributed by atoms with Crippen LogP contribution in [-0.4, -0.2) is 21.3 Å². The second kappa shape index (κ2) is 4.74. The van der Waals surface area contributed by atoms with Gasteiger partial charge in [-0.15, -0.1) is 5.10 Å². The first-order valence-corrected chi connectivity index (χ1v) is 4.64. The van der Waals surface area contributed by atoms with E-state index in [1.165, 1.54) is 12.8 Å². The zero-order valence-electron chi connectivity index (χ0n) is 8.16. The van der Waals surface area contributed by atoms with Gasteiger partial charge in [-0.3, -0.25) is 4.79 Å². The summed E-state index contributed by atoms with van der Waals surface area (Å²) in [6.07, 6.45) is 4.22. The summed E-state index contributed by atoms with van der Waals surface area (Å²) >= 11 is 0. The summed E-state index contributed by atoms with van der Waals surface area (Å²) in [5, 5.41) is 7.65. The van der Waals surface area contributed by atoms with Crippen molar-refractivity contribution in [1.29, 1.82) is 0 Å². The Balaban J connectivity index is 2.56. The summed E-state index contributed by atoms with van der Waals surface area (Å²) in [5.41, 5.74) is 1.32. The summed E-state index contributed by atoms with van der Waals surface area (Å²) < 4.78 is 1.79. The lowest BCUT2D eigenvalue weighted by atomic mass is 10.2. The first-order valence-electron chi connectivity index (χ1n) is 4.64. The van der Waals surface area contributed by atoms with Crippen LogP contribution in [0.3, 0.4) is 0 Å². The maximum atomic E-state index is 10.5. The Hall–Kier alpha value is -1.19. The Labute approximate surface area is 77.9 Å². The molecule has 0 atom stereocenters. The summed E-state index contributed by atoms with van der Waals surface area (Å²) in [6, 6.07) is 0. The van der Waals surface area contributed by atoms with Gasteiger partial charge in [0.15, 0.2) is 6.29 Å². The molecule has 0 aliphatic heterocycles. The van der Waals surface area contributed by atoms with Crippen molar-refractivity contribution in [3.63, 3.8) is 0 Å². The van der Waals surface area contributed by atoms with Crippen LogP contribution in [0.4, 0.5) is 0 Å². The van der Waals surface area contributed by atoms with Gasteiger partial charge in [0.25, 0.3) is 0 Å². The molecular weight excluding hydrogens is 166 g/mol. The van der Waals surface area contributed by atoms with Gasteiger partial charge in [0, 0.05) is 6.54 Å². The highest BCUT2D eigenvalue weighted by molar-refractivity contribution is 5.72. The quantitative estimate of drug-likeness (QED) is 0.512. The molecule has 0 saturated heterocycles. The minimum absolute atomic E-state index is 0.455. The van der Waals surface area contributed by atoms with Crippen molar-refractivity contribution < 1.29 is 4.79 Å². The maximum Gasteiger partial charge on any atom is 0.172 e. The molecule has 0 fully saturated rings. The van der Waals surface area contributed by atoms with Crippen LogP contribution in [-0.2, 0) is 6.54 Å². The van der Waals surface area contributed by atoms with Crippen molar-refractivity contribution in [3.05, 3.63) is 11.4 Å². The number of aromatic nitrogens is 3. The molecule has 4 heteroatoms. The molecule has 0 radical (unpaired) electrons.